The first-order chi connectivity index (χ1) is 12.0. The largest absolute Gasteiger partial charge is 0.491 e. The molecular formula is C18H25N5O2. The van der Waals surface area contributed by atoms with Crippen molar-refractivity contribution in [3.63, 3.8) is 0 Å². The van der Waals surface area contributed by atoms with Crippen molar-refractivity contribution >= 4 is 6.03 Å². The molecule has 1 atom stereocenters. The van der Waals surface area contributed by atoms with Crippen LogP contribution in [0.4, 0.5) is 4.79 Å². The number of fused-ring (bicyclic) bond motifs is 1. The maximum Gasteiger partial charge on any atom is 0.315 e. The molecule has 2 aromatic rings. The van der Waals surface area contributed by atoms with Crippen LogP contribution in [0.3, 0.4) is 0 Å². The van der Waals surface area contributed by atoms with Crippen LogP contribution in [-0.4, -0.2) is 26.9 Å². The van der Waals surface area contributed by atoms with Crippen molar-refractivity contribution in [2.45, 2.75) is 58.8 Å². The molecule has 1 aromatic carbocycles. The van der Waals surface area contributed by atoms with Crippen LogP contribution in [-0.2, 0) is 13.1 Å². The maximum atomic E-state index is 12.3. The van der Waals surface area contributed by atoms with Crippen LogP contribution in [0, 0.1) is 6.92 Å². The number of hydrogen-bond donors (Lipinski definition) is 2. The van der Waals surface area contributed by atoms with E-state index >= 15 is 0 Å². The van der Waals surface area contributed by atoms with Crippen LogP contribution in [0.1, 0.15) is 49.9 Å². The summed E-state index contributed by atoms with van der Waals surface area (Å²) in [5.41, 5.74) is 0.996. The number of aromatic nitrogens is 3. The lowest BCUT2D eigenvalue weighted by atomic mass is 10.1. The topological polar surface area (TPSA) is 81.1 Å². The van der Waals surface area contributed by atoms with Crippen LogP contribution in [0.25, 0.3) is 0 Å². The molecule has 3 rings (SSSR count). The smallest absolute Gasteiger partial charge is 0.315 e. The zero-order chi connectivity index (χ0) is 17.8. The maximum absolute atomic E-state index is 12.3. The summed E-state index contributed by atoms with van der Waals surface area (Å²) in [6.45, 7) is 7.15. The van der Waals surface area contributed by atoms with E-state index in [4.69, 9.17) is 4.74 Å². The molecule has 2 amide bonds. The van der Waals surface area contributed by atoms with Gasteiger partial charge in [0.05, 0.1) is 12.1 Å². The molecule has 134 valence electrons. The summed E-state index contributed by atoms with van der Waals surface area (Å²) in [4.78, 5) is 16.7. The minimum atomic E-state index is -0.200. The average molecular weight is 343 g/mol. The van der Waals surface area contributed by atoms with Crippen LogP contribution in [0.2, 0.25) is 0 Å². The molecule has 1 aromatic heterocycles. The summed E-state index contributed by atoms with van der Waals surface area (Å²) in [7, 11) is 0. The minimum absolute atomic E-state index is 0.0921. The molecule has 0 aliphatic carbocycles. The first kappa shape index (κ1) is 17.3. The molecule has 7 nitrogen and oxygen atoms in total. The number of urea groups is 1. The van der Waals surface area contributed by atoms with Crippen molar-refractivity contribution in [3.8, 4) is 5.75 Å². The Morgan fingerprint density at radius 2 is 2.28 bits per heavy atom. The van der Waals surface area contributed by atoms with Crippen molar-refractivity contribution in [3.05, 3.63) is 41.5 Å². The number of hydrogen-bond acceptors (Lipinski definition) is 4. The third kappa shape index (κ3) is 4.49. The highest BCUT2D eigenvalue weighted by Crippen LogP contribution is 2.22. The number of ether oxygens (including phenoxy) is 1. The van der Waals surface area contributed by atoms with Crippen LogP contribution in [0.5, 0.6) is 5.75 Å². The fourth-order valence-electron chi connectivity index (χ4n) is 3.00. The molecule has 0 unspecified atom stereocenters. The summed E-state index contributed by atoms with van der Waals surface area (Å²) < 4.78 is 7.56. The van der Waals surface area contributed by atoms with E-state index < -0.39 is 0 Å². The van der Waals surface area contributed by atoms with Crippen LogP contribution < -0.4 is 15.4 Å². The van der Waals surface area contributed by atoms with Gasteiger partial charge in [-0.25, -0.2) is 14.5 Å². The number of carbonyl (C=O) groups excluding carboxylic acids is 1. The van der Waals surface area contributed by atoms with E-state index in [1.807, 2.05) is 49.7 Å². The Morgan fingerprint density at radius 1 is 1.44 bits per heavy atom. The molecule has 2 N–H and O–H groups in total. The monoisotopic (exact) mass is 343 g/mol. The van der Waals surface area contributed by atoms with Crippen LogP contribution >= 0.6 is 0 Å². The number of carbonyl (C=O) groups is 1. The summed E-state index contributed by atoms with van der Waals surface area (Å²) in [6.07, 6.45) is 1.98. The van der Waals surface area contributed by atoms with Crippen molar-refractivity contribution in [2.75, 3.05) is 0 Å². The number of nitrogens with zero attached hydrogens (tertiary/aromatic N) is 3. The van der Waals surface area contributed by atoms with Crippen molar-refractivity contribution in [1.82, 2.24) is 25.4 Å². The summed E-state index contributed by atoms with van der Waals surface area (Å²) >= 11 is 0. The minimum Gasteiger partial charge on any atom is -0.491 e. The molecule has 7 heteroatoms. The lowest BCUT2D eigenvalue weighted by Crippen LogP contribution is -2.39. The molecule has 2 heterocycles. The third-order valence-electron chi connectivity index (χ3n) is 4.01. The highest BCUT2D eigenvalue weighted by Gasteiger charge is 2.24. The zero-order valence-electron chi connectivity index (χ0n) is 15.0. The molecule has 0 spiro atoms. The van der Waals surface area contributed by atoms with Gasteiger partial charge in [0.15, 0.2) is 0 Å². The van der Waals surface area contributed by atoms with Crippen molar-refractivity contribution < 1.29 is 9.53 Å². The van der Waals surface area contributed by atoms with Gasteiger partial charge in [0.1, 0.15) is 17.4 Å². The second-order valence-electron chi connectivity index (χ2n) is 6.58. The Bertz CT molecular complexity index is 741. The van der Waals surface area contributed by atoms with E-state index in [0.717, 1.165) is 42.3 Å². The summed E-state index contributed by atoms with van der Waals surface area (Å²) in [5.74, 6) is 2.39. The zero-order valence-corrected chi connectivity index (χ0v) is 15.0. The molecule has 1 aliphatic heterocycles. The van der Waals surface area contributed by atoms with Crippen LogP contribution in [0.15, 0.2) is 24.3 Å². The van der Waals surface area contributed by atoms with E-state index in [0.29, 0.717) is 6.54 Å². The Morgan fingerprint density at radius 3 is 3.08 bits per heavy atom. The normalized spacial score (nSPS) is 16.4. The van der Waals surface area contributed by atoms with Crippen molar-refractivity contribution in [2.24, 2.45) is 0 Å². The lowest BCUT2D eigenvalue weighted by Gasteiger charge is -2.23. The second kappa shape index (κ2) is 7.55. The first-order valence-corrected chi connectivity index (χ1v) is 8.72. The molecule has 1 aliphatic rings. The summed E-state index contributed by atoms with van der Waals surface area (Å²) in [5, 5.41) is 10.3. The van der Waals surface area contributed by atoms with Crippen molar-refractivity contribution in [1.29, 1.82) is 0 Å². The fraction of sp³-hybridized carbons (Fsp3) is 0.500. The van der Waals surface area contributed by atoms with Gasteiger partial charge >= 0.3 is 6.03 Å². The molecular weight excluding hydrogens is 318 g/mol. The predicted octanol–water partition coefficient (Wildman–Crippen LogP) is 2.71. The molecule has 0 bridgehead atoms. The number of rotatable bonds is 5. The van der Waals surface area contributed by atoms with Gasteiger partial charge in [-0.05, 0) is 51.3 Å². The SMILES string of the molecule is Cc1nc2n(n1)CCC[C@H]2NC(=O)NCc1cccc(OC(C)C)c1. The highest BCUT2D eigenvalue weighted by atomic mass is 16.5. The van der Waals surface area contributed by atoms with Gasteiger partial charge in [0, 0.05) is 13.1 Å². The van der Waals surface area contributed by atoms with Gasteiger partial charge in [-0.3, -0.25) is 0 Å². The quantitative estimate of drug-likeness (QED) is 0.875. The number of amides is 2. The lowest BCUT2D eigenvalue weighted by molar-refractivity contribution is 0.232. The Kier molecular flexibility index (Phi) is 5.21. The second-order valence-corrected chi connectivity index (χ2v) is 6.58. The van der Waals surface area contributed by atoms with Gasteiger partial charge in [0.25, 0.3) is 0 Å². The predicted molar refractivity (Wildman–Crippen MR) is 94.3 cm³/mol. The molecule has 0 saturated carbocycles. The first-order valence-electron chi connectivity index (χ1n) is 8.72. The number of benzene rings is 1. The van der Waals surface area contributed by atoms with Gasteiger partial charge < -0.3 is 15.4 Å². The molecule has 0 radical (unpaired) electrons. The molecule has 25 heavy (non-hydrogen) atoms. The summed E-state index contributed by atoms with van der Waals surface area (Å²) in [6, 6.07) is 7.47. The van der Waals surface area contributed by atoms with Gasteiger partial charge in [-0.1, -0.05) is 12.1 Å². The number of nitrogens with one attached hydrogen (secondary N) is 2. The highest BCUT2D eigenvalue weighted by molar-refractivity contribution is 5.74. The van der Waals surface area contributed by atoms with E-state index in [-0.39, 0.29) is 18.2 Å². The fourth-order valence-corrected chi connectivity index (χ4v) is 3.00. The van der Waals surface area contributed by atoms with E-state index in [1.165, 1.54) is 0 Å². The molecule has 0 saturated heterocycles. The van der Waals surface area contributed by atoms with E-state index in [9.17, 15) is 4.79 Å². The average Bonchev–Trinajstić information content (AvgIpc) is 2.94. The third-order valence-corrected chi connectivity index (χ3v) is 4.01. The van der Waals surface area contributed by atoms with E-state index in [2.05, 4.69) is 20.7 Å². The van der Waals surface area contributed by atoms with E-state index in [1.54, 1.807) is 0 Å². The Balaban J connectivity index is 1.55. The molecule has 0 fully saturated rings. The van der Waals surface area contributed by atoms with Gasteiger partial charge in [0.2, 0.25) is 0 Å². The Labute approximate surface area is 147 Å². The number of aryl methyl sites for hydroxylation is 2. The van der Waals surface area contributed by atoms with Gasteiger partial charge in [-0.15, -0.1) is 0 Å². The van der Waals surface area contributed by atoms with Gasteiger partial charge in [-0.2, -0.15) is 5.10 Å². The standard InChI is InChI=1S/C18H25N5O2/c1-12(2)25-15-7-4-6-14(10-15)11-19-18(24)21-16-8-5-9-23-17(16)20-13(3)22-23/h4,6-7,10,12,16H,5,8-9,11H2,1-3H3,(H2,19,21,24)/t16-/m1/s1. The Hall–Kier alpha value is -2.57.